The maximum Gasteiger partial charge on any atom is 0.273 e. The lowest BCUT2D eigenvalue weighted by atomic mass is 9.95. The second-order valence-electron chi connectivity index (χ2n) is 6.65. The van der Waals surface area contributed by atoms with E-state index >= 15 is 0 Å². The van der Waals surface area contributed by atoms with Crippen molar-refractivity contribution in [3.05, 3.63) is 54.0 Å². The van der Waals surface area contributed by atoms with Gasteiger partial charge in [-0.2, -0.15) is 0 Å². The lowest BCUT2D eigenvalue weighted by Gasteiger charge is -2.37. The Morgan fingerprint density at radius 1 is 1.24 bits per heavy atom. The first kappa shape index (κ1) is 17.4. The first-order valence-electron chi connectivity index (χ1n) is 8.79. The molecule has 2 heterocycles. The predicted octanol–water partition coefficient (Wildman–Crippen LogP) is 2.26. The molecule has 3 rings (SSSR count). The highest BCUT2D eigenvalue weighted by Crippen LogP contribution is 2.26. The topological polar surface area (TPSA) is 84.1 Å². The van der Waals surface area contributed by atoms with Crippen molar-refractivity contribution in [2.45, 2.75) is 25.8 Å². The van der Waals surface area contributed by atoms with Crippen molar-refractivity contribution < 1.29 is 4.79 Å². The van der Waals surface area contributed by atoms with Gasteiger partial charge in [0, 0.05) is 18.9 Å². The number of anilines is 1. The van der Waals surface area contributed by atoms with E-state index in [0.717, 1.165) is 19.0 Å². The average molecular weight is 339 g/mol. The van der Waals surface area contributed by atoms with Crippen LogP contribution in [0.3, 0.4) is 0 Å². The molecule has 0 saturated carbocycles. The molecule has 1 aromatic carbocycles. The molecule has 1 unspecified atom stereocenters. The number of carbonyl (C=O) groups is 1. The predicted molar refractivity (Wildman–Crippen MR) is 97.9 cm³/mol. The summed E-state index contributed by atoms with van der Waals surface area (Å²) in [6.45, 7) is 4.91. The lowest BCUT2D eigenvalue weighted by molar-refractivity contribution is 0.0909. The van der Waals surface area contributed by atoms with Crippen molar-refractivity contribution in [1.82, 2.24) is 20.2 Å². The van der Waals surface area contributed by atoms with Gasteiger partial charge in [-0.25, -0.2) is 9.97 Å². The Kier molecular flexibility index (Phi) is 5.60. The second-order valence-corrected chi connectivity index (χ2v) is 6.65. The van der Waals surface area contributed by atoms with Crippen molar-refractivity contribution in [2.24, 2.45) is 5.92 Å². The molecule has 1 aromatic heterocycles. The summed E-state index contributed by atoms with van der Waals surface area (Å²) in [5, 5.41) is 2.98. The number of carbonyl (C=O) groups excluding carboxylic acids is 1. The van der Waals surface area contributed by atoms with Crippen molar-refractivity contribution in [2.75, 3.05) is 25.4 Å². The van der Waals surface area contributed by atoms with Crippen LogP contribution in [-0.2, 0) is 0 Å². The van der Waals surface area contributed by atoms with Gasteiger partial charge in [-0.15, -0.1) is 0 Å². The summed E-state index contributed by atoms with van der Waals surface area (Å²) in [4.78, 5) is 22.8. The smallest absolute Gasteiger partial charge is 0.273 e. The van der Waals surface area contributed by atoms with Crippen LogP contribution in [0.1, 0.15) is 41.9 Å². The highest BCUT2D eigenvalue weighted by atomic mass is 16.1. The molecular formula is C19H25N5O. The van der Waals surface area contributed by atoms with Gasteiger partial charge in [0.25, 0.3) is 5.91 Å². The van der Waals surface area contributed by atoms with Crippen LogP contribution in [0.15, 0.2) is 42.7 Å². The molecule has 3 N–H and O–H groups in total. The first-order valence-corrected chi connectivity index (χ1v) is 8.79. The molecule has 0 bridgehead atoms. The van der Waals surface area contributed by atoms with Gasteiger partial charge in [-0.3, -0.25) is 9.69 Å². The maximum atomic E-state index is 12.4. The molecule has 0 radical (unpaired) electrons. The molecular weight excluding hydrogens is 314 g/mol. The zero-order valence-electron chi connectivity index (χ0n) is 14.6. The van der Waals surface area contributed by atoms with Gasteiger partial charge in [0.05, 0.1) is 6.04 Å². The number of aromatic nitrogens is 2. The summed E-state index contributed by atoms with van der Waals surface area (Å²) in [6, 6.07) is 10.5. The molecule has 1 saturated heterocycles. The van der Waals surface area contributed by atoms with Crippen LogP contribution in [-0.4, -0.2) is 40.4 Å². The number of piperidine rings is 1. The van der Waals surface area contributed by atoms with Crippen LogP contribution in [0.4, 0.5) is 5.82 Å². The molecule has 1 atom stereocenters. The normalized spacial score (nSPS) is 17.2. The molecule has 1 aliphatic heterocycles. The zero-order valence-corrected chi connectivity index (χ0v) is 14.6. The third kappa shape index (κ3) is 4.33. The van der Waals surface area contributed by atoms with Gasteiger partial charge in [-0.05, 0) is 37.4 Å². The van der Waals surface area contributed by atoms with E-state index in [9.17, 15) is 4.79 Å². The number of rotatable bonds is 5. The number of hydrogen-bond donors (Lipinski definition) is 2. The Bertz CT molecular complexity index is 698. The SMILES string of the molecule is CC1CCN(C(CNC(=O)c2nccnc2N)c2ccccc2)CC1. The number of amides is 1. The molecule has 1 amide bonds. The third-order valence-electron chi connectivity index (χ3n) is 4.84. The Labute approximate surface area is 148 Å². The number of nitrogen functional groups attached to an aromatic ring is 1. The minimum atomic E-state index is -0.281. The molecule has 2 aromatic rings. The summed E-state index contributed by atoms with van der Waals surface area (Å²) >= 11 is 0. The van der Waals surface area contributed by atoms with E-state index < -0.39 is 0 Å². The van der Waals surface area contributed by atoms with Gasteiger partial charge < -0.3 is 11.1 Å². The van der Waals surface area contributed by atoms with E-state index in [1.807, 2.05) is 18.2 Å². The van der Waals surface area contributed by atoms with Crippen LogP contribution in [0.25, 0.3) is 0 Å². The Morgan fingerprint density at radius 3 is 2.60 bits per heavy atom. The lowest BCUT2D eigenvalue weighted by Crippen LogP contribution is -2.42. The van der Waals surface area contributed by atoms with Crippen LogP contribution >= 0.6 is 0 Å². The molecule has 132 valence electrons. The van der Waals surface area contributed by atoms with E-state index in [4.69, 9.17) is 5.73 Å². The third-order valence-corrected chi connectivity index (χ3v) is 4.84. The summed E-state index contributed by atoms with van der Waals surface area (Å²) in [5.74, 6) is 0.640. The minimum Gasteiger partial charge on any atom is -0.382 e. The first-order chi connectivity index (χ1) is 12.1. The number of likely N-dealkylation sites (tertiary alicyclic amines) is 1. The molecule has 6 heteroatoms. The van der Waals surface area contributed by atoms with Crippen molar-refractivity contribution >= 4 is 11.7 Å². The molecule has 6 nitrogen and oxygen atoms in total. The fourth-order valence-electron chi connectivity index (χ4n) is 3.27. The Morgan fingerprint density at radius 2 is 1.92 bits per heavy atom. The summed E-state index contributed by atoms with van der Waals surface area (Å²) in [5.41, 5.74) is 7.15. The average Bonchev–Trinajstić information content (AvgIpc) is 2.64. The largest absolute Gasteiger partial charge is 0.382 e. The van der Waals surface area contributed by atoms with Gasteiger partial charge in [0.15, 0.2) is 11.5 Å². The highest BCUT2D eigenvalue weighted by Gasteiger charge is 2.25. The Balaban J connectivity index is 1.72. The van der Waals surface area contributed by atoms with E-state index in [1.54, 1.807) is 0 Å². The molecule has 1 aliphatic rings. The van der Waals surface area contributed by atoms with Crippen LogP contribution in [0.2, 0.25) is 0 Å². The van der Waals surface area contributed by atoms with Crippen molar-refractivity contribution in [1.29, 1.82) is 0 Å². The molecule has 25 heavy (non-hydrogen) atoms. The number of benzene rings is 1. The number of nitrogens with two attached hydrogens (primary N) is 1. The monoisotopic (exact) mass is 339 g/mol. The fourth-order valence-corrected chi connectivity index (χ4v) is 3.27. The summed E-state index contributed by atoms with van der Waals surface area (Å²) in [6.07, 6.45) is 5.34. The van der Waals surface area contributed by atoms with Crippen LogP contribution in [0.5, 0.6) is 0 Å². The van der Waals surface area contributed by atoms with Crippen LogP contribution < -0.4 is 11.1 Å². The van der Waals surface area contributed by atoms with E-state index in [2.05, 4.69) is 39.2 Å². The van der Waals surface area contributed by atoms with Crippen molar-refractivity contribution in [3.8, 4) is 0 Å². The minimum absolute atomic E-state index is 0.149. The van der Waals surface area contributed by atoms with E-state index in [0.29, 0.717) is 6.54 Å². The van der Waals surface area contributed by atoms with Crippen molar-refractivity contribution in [3.63, 3.8) is 0 Å². The zero-order chi connectivity index (χ0) is 17.6. The van der Waals surface area contributed by atoms with Gasteiger partial charge in [-0.1, -0.05) is 37.3 Å². The van der Waals surface area contributed by atoms with Gasteiger partial charge in [0.1, 0.15) is 0 Å². The van der Waals surface area contributed by atoms with Gasteiger partial charge >= 0.3 is 0 Å². The van der Waals surface area contributed by atoms with E-state index in [1.165, 1.54) is 30.8 Å². The quantitative estimate of drug-likeness (QED) is 0.873. The number of nitrogens with zero attached hydrogens (tertiary/aromatic N) is 3. The number of hydrogen-bond acceptors (Lipinski definition) is 5. The second kappa shape index (κ2) is 8.07. The van der Waals surface area contributed by atoms with Gasteiger partial charge in [0.2, 0.25) is 0 Å². The number of nitrogens with one attached hydrogen (secondary N) is 1. The molecule has 0 spiro atoms. The molecule has 0 aliphatic carbocycles. The van der Waals surface area contributed by atoms with E-state index in [-0.39, 0.29) is 23.5 Å². The summed E-state index contributed by atoms with van der Waals surface area (Å²) in [7, 11) is 0. The Hall–Kier alpha value is -2.47. The maximum absolute atomic E-state index is 12.4. The standard InChI is InChI=1S/C19H25N5O/c1-14-7-11-24(12-8-14)16(15-5-3-2-4-6-15)13-23-19(25)17-18(20)22-10-9-21-17/h2-6,9-10,14,16H,7-8,11-13H2,1H3,(H2,20,22)(H,23,25). The molecule has 1 fully saturated rings. The summed E-state index contributed by atoms with van der Waals surface area (Å²) < 4.78 is 0. The fraction of sp³-hybridized carbons (Fsp3) is 0.421. The van der Waals surface area contributed by atoms with Crippen LogP contribution in [0, 0.1) is 5.92 Å². The highest BCUT2D eigenvalue weighted by molar-refractivity contribution is 5.96.